The van der Waals surface area contributed by atoms with Gasteiger partial charge in [0.25, 0.3) is 0 Å². The van der Waals surface area contributed by atoms with Crippen molar-refractivity contribution in [3.8, 4) is 0 Å². The molecule has 0 aromatic heterocycles. The fourth-order valence-corrected chi connectivity index (χ4v) is 2.47. The molecule has 0 unspecified atom stereocenters. The molecule has 0 saturated heterocycles. The zero-order valence-electron chi connectivity index (χ0n) is 8.93. The Bertz CT molecular complexity index is 74.2. The van der Waals surface area contributed by atoms with Gasteiger partial charge in [-0.25, -0.2) is 0 Å². The minimum Gasteiger partial charge on any atom is -0.179 e. The van der Waals surface area contributed by atoms with Crippen LogP contribution < -0.4 is 0 Å². The summed E-state index contributed by atoms with van der Waals surface area (Å²) in [4.78, 5) is 0. The van der Waals surface area contributed by atoms with Crippen molar-refractivity contribution < 1.29 is 0 Å². The molecule has 0 atom stereocenters. The van der Waals surface area contributed by atoms with Crippen LogP contribution in [0.4, 0.5) is 0 Å². The molecule has 0 bridgehead atoms. The van der Waals surface area contributed by atoms with E-state index >= 15 is 0 Å². The van der Waals surface area contributed by atoms with Crippen molar-refractivity contribution in [2.24, 2.45) is 0 Å². The highest BCUT2D eigenvalue weighted by Gasteiger charge is 1.91. The van der Waals surface area contributed by atoms with E-state index in [1.165, 1.54) is 56.5 Å². The molecule has 0 aromatic rings. The lowest BCUT2D eigenvalue weighted by molar-refractivity contribution is 0.711. The number of hydrogen-bond acceptors (Lipinski definition) is 2. The molecule has 0 amide bonds. The fourth-order valence-electron chi connectivity index (χ4n) is 1.23. The highest BCUT2D eigenvalue weighted by molar-refractivity contribution is 7.99. The topological polar surface area (TPSA) is 0 Å². The summed E-state index contributed by atoms with van der Waals surface area (Å²) in [5.41, 5.74) is 0. The molecule has 0 fully saturated rings. The highest BCUT2D eigenvalue weighted by atomic mass is 32.2. The molecule has 0 spiro atoms. The molecule has 0 aromatic carbocycles. The third-order valence-corrected chi connectivity index (χ3v) is 3.56. The first-order valence-corrected chi connectivity index (χ1v) is 7.39. The fraction of sp³-hybridized carbons (Fsp3) is 1.00. The lowest BCUT2D eigenvalue weighted by atomic mass is 10.2. The van der Waals surface area contributed by atoms with Crippen LogP contribution in [0, 0.1) is 0 Å². The van der Waals surface area contributed by atoms with Crippen LogP contribution in [0.5, 0.6) is 0 Å². The first-order valence-electron chi connectivity index (χ1n) is 5.60. The number of unbranched alkanes of at least 4 members (excludes halogenated alkanes) is 5. The molecule has 0 rings (SSSR count). The summed E-state index contributed by atoms with van der Waals surface area (Å²) >= 11 is 6.33. The third-order valence-electron chi connectivity index (χ3n) is 2.09. The molecule has 0 radical (unpaired) electrons. The van der Waals surface area contributed by atoms with Gasteiger partial charge in [0.15, 0.2) is 0 Å². The van der Waals surface area contributed by atoms with Gasteiger partial charge >= 0.3 is 0 Å². The predicted octanol–water partition coefficient (Wildman–Crippen LogP) is 4.40. The number of hydrogen-bond donors (Lipinski definition) is 1. The van der Waals surface area contributed by atoms with E-state index in [9.17, 15) is 0 Å². The smallest absolute Gasteiger partial charge is 0.00675 e. The van der Waals surface area contributed by atoms with E-state index in [2.05, 4.69) is 31.3 Å². The summed E-state index contributed by atoms with van der Waals surface area (Å²) in [7, 11) is 0. The van der Waals surface area contributed by atoms with Crippen LogP contribution in [0.2, 0.25) is 0 Å². The van der Waals surface area contributed by atoms with Crippen molar-refractivity contribution in [3.05, 3.63) is 0 Å². The van der Waals surface area contributed by atoms with Crippen LogP contribution in [0.15, 0.2) is 0 Å². The summed E-state index contributed by atoms with van der Waals surface area (Å²) in [6.07, 6.45) is 9.65. The Kier molecular flexibility index (Phi) is 13.4. The van der Waals surface area contributed by atoms with E-state index in [1.54, 1.807) is 0 Å². The van der Waals surface area contributed by atoms with E-state index in [4.69, 9.17) is 0 Å². The van der Waals surface area contributed by atoms with Crippen LogP contribution >= 0.6 is 24.4 Å². The molecular formula is C11H24S2. The van der Waals surface area contributed by atoms with Crippen molar-refractivity contribution in [1.82, 2.24) is 0 Å². The first kappa shape index (κ1) is 13.7. The van der Waals surface area contributed by atoms with Gasteiger partial charge in [-0.15, -0.1) is 0 Å². The normalized spacial score (nSPS) is 10.6. The molecule has 0 aliphatic rings. The number of rotatable bonds is 10. The van der Waals surface area contributed by atoms with Crippen LogP contribution in [0.1, 0.15) is 51.9 Å². The van der Waals surface area contributed by atoms with E-state index in [-0.39, 0.29) is 0 Å². The Morgan fingerprint density at radius 2 is 1.46 bits per heavy atom. The van der Waals surface area contributed by atoms with Crippen LogP contribution in [-0.4, -0.2) is 17.3 Å². The molecule has 0 aliphatic heterocycles. The van der Waals surface area contributed by atoms with Gasteiger partial charge in [-0.3, -0.25) is 0 Å². The Labute approximate surface area is 93.7 Å². The lowest BCUT2D eigenvalue weighted by Crippen LogP contribution is -1.85. The minimum absolute atomic E-state index is 1.06. The Hall–Kier alpha value is 0.700. The van der Waals surface area contributed by atoms with Gasteiger partial charge in [0.2, 0.25) is 0 Å². The van der Waals surface area contributed by atoms with E-state index < -0.39 is 0 Å². The molecule has 2 heteroatoms. The molecule has 0 aliphatic carbocycles. The monoisotopic (exact) mass is 220 g/mol. The SMILES string of the molecule is CCCCCSCCCCCCS. The third kappa shape index (κ3) is 12.7. The second-order valence-corrected chi connectivity index (χ2v) is 5.13. The van der Waals surface area contributed by atoms with Gasteiger partial charge in [-0.2, -0.15) is 24.4 Å². The predicted molar refractivity (Wildman–Crippen MR) is 69.2 cm³/mol. The standard InChI is InChI=1S/C11H24S2/c1-2-3-7-10-13-11-8-5-4-6-9-12/h12H,2-11H2,1H3. The zero-order chi connectivity index (χ0) is 9.78. The number of thioether (sulfide) groups is 1. The van der Waals surface area contributed by atoms with Gasteiger partial charge in [-0.05, 0) is 36.5 Å². The molecule has 80 valence electrons. The molecule has 13 heavy (non-hydrogen) atoms. The molecule has 0 heterocycles. The first-order chi connectivity index (χ1) is 6.41. The molecule has 0 N–H and O–H groups in total. The maximum Gasteiger partial charge on any atom is -0.00675 e. The second-order valence-electron chi connectivity index (χ2n) is 3.46. The van der Waals surface area contributed by atoms with E-state index in [0.717, 1.165) is 5.75 Å². The summed E-state index contributed by atoms with van der Waals surface area (Å²) in [5, 5.41) is 0. The average molecular weight is 220 g/mol. The second kappa shape index (κ2) is 12.7. The Morgan fingerprint density at radius 1 is 0.846 bits per heavy atom. The van der Waals surface area contributed by atoms with Crippen molar-refractivity contribution >= 4 is 24.4 Å². The van der Waals surface area contributed by atoms with Crippen LogP contribution in [0.3, 0.4) is 0 Å². The van der Waals surface area contributed by atoms with Crippen molar-refractivity contribution in [2.45, 2.75) is 51.9 Å². The van der Waals surface area contributed by atoms with Gasteiger partial charge in [0.1, 0.15) is 0 Å². The van der Waals surface area contributed by atoms with Crippen molar-refractivity contribution in [2.75, 3.05) is 17.3 Å². The summed E-state index contributed by atoms with van der Waals surface area (Å²) in [6, 6.07) is 0. The quantitative estimate of drug-likeness (QED) is 0.420. The Balaban J connectivity index is 2.76. The van der Waals surface area contributed by atoms with Gasteiger partial charge < -0.3 is 0 Å². The van der Waals surface area contributed by atoms with Gasteiger partial charge in [-0.1, -0.05) is 32.6 Å². The summed E-state index contributed by atoms with van der Waals surface area (Å²) < 4.78 is 0. The van der Waals surface area contributed by atoms with Crippen molar-refractivity contribution in [1.29, 1.82) is 0 Å². The average Bonchev–Trinajstić information content (AvgIpc) is 2.16. The molecule has 0 saturated carbocycles. The van der Waals surface area contributed by atoms with Gasteiger partial charge in [0.05, 0.1) is 0 Å². The van der Waals surface area contributed by atoms with Gasteiger partial charge in [0, 0.05) is 0 Å². The van der Waals surface area contributed by atoms with Crippen LogP contribution in [0.25, 0.3) is 0 Å². The maximum absolute atomic E-state index is 4.20. The summed E-state index contributed by atoms with van der Waals surface area (Å²) in [5.74, 6) is 3.81. The molecule has 0 nitrogen and oxygen atoms in total. The molecular weight excluding hydrogens is 196 g/mol. The maximum atomic E-state index is 4.20. The largest absolute Gasteiger partial charge is 0.179 e. The van der Waals surface area contributed by atoms with Crippen LogP contribution in [-0.2, 0) is 0 Å². The lowest BCUT2D eigenvalue weighted by Gasteiger charge is -2.00. The zero-order valence-corrected chi connectivity index (χ0v) is 10.6. The highest BCUT2D eigenvalue weighted by Crippen LogP contribution is 2.10. The van der Waals surface area contributed by atoms with E-state index in [0.29, 0.717) is 0 Å². The Morgan fingerprint density at radius 3 is 2.08 bits per heavy atom. The summed E-state index contributed by atoms with van der Waals surface area (Å²) in [6.45, 7) is 2.27. The minimum atomic E-state index is 1.06. The van der Waals surface area contributed by atoms with Crippen molar-refractivity contribution in [3.63, 3.8) is 0 Å². The number of thiol groups is 1. The van der Waals surface area contributed by atoms with E-state index in [1.807, 2.05) is 0 Å².